The van der Waals surface area contributed by atoms with Crippen molar-refractivity contribution in [3.8, 4) is 6.07 Å². The van der Waals surface area contributed by atoms with Crippen LogP contribution >= 0.6 is 11.8 Å². The number of rotatable bonds is 5. The second kappa shape index (κ2) is 8.58. The lowest BCUT2D eigenvalue weighted by Gasteiger charge is -2.30. The second-order valence-corrected chi connectivity index (χ2v) is 8.45. The highest BCUT2D eigenvalue weighted by Gasteiger charge is 2.36. The first kappa shape index (κ1) is 19.3. The standard InChI is InChI=1S/C22H23N5OS/c23-16-17-14-19(27-11-2-1-3-12-27)4-5-20(17)26-21(28)15-22(25-10-13-29-22)18-6-8-24-9-7-18/h4-10,13-14,25H,1-3,11-12,15H2,(H,26,28). The predicted octanol–water partition coefficient (Wildman–Crippen LogP) is 3.93. The first-order valence-corrected chi connectivity index (χ1v) is 10.7. The number of piperidine rings is 1. The number of nitrogens with one attached hydrogen (secondary N) is 2. The van der Waals surface area contributed by atoms with Gasteiger partial charge in [0.05, 0.1) is 17.7 Å². The van der Waals surface area contributed by atoms with Crippen LogP contribution in [0.15, 0.2) is 54.3 Å². The third-order valence-corrected chi connectivity index (χ3v) is 6.50. The lowest BCUT2D eigenvalue weighted by Crippen LogP contribution is -2.37. The Balaban J connectivity index is 1.50. The summed E-state index contributed by atoms with van der Waals surface area (Å²) >= 11 is 1.56. The molecule has 0 radical (unpaired) electrons. The maximum absolute atomic E-state index is 12.9. The number of nitriles is 1. The summed E-state index contributed by atoms with van der Waals surface area (Å²) in [6.07, 6.45) is 9.15. The Labute approximate surface area is 175 Å². The molecular weight excluding hydrogens is 382 g/mol. The van der Waals surface area contributed by atoms with E-state index in [-0.39, 0.29) is 12.3 Å². The van der Waals surface area contributed by atoms with Crippen molar-refractivity contribution in [2.75, 3.05) is 23.3 Å². The number of hydrogen-bond donors (Lipinski definition) is 2. The number of amides is 1. The normalized spacial score (nSPS) is 20.7. The summed E-state index contributed by atoms with van der Waals surface area (Å²) in [6.45, 7) is 2.03. The minimum Gasteiger partial charge on any atom is -0.372 e. The van der Waals surface area contributed by atoms with Gasteiger partial charge in [0, 0.05) is 37.4 Å². The van der Waals surface area contributed by atoms with E-state index in [9.17, 15) is 10.1 Å². The van der Waals surface area contributed by atoms with E-state index in [1.165, 1.54) is 19.3 Å². The van der Waals surface area contributed by atoms with Crippen molar-refractivity contribution in [3.05, 3.63) is 65.5 Å². The molecule has 2 aromatic rings. The molecule has 1 fully saturated rings. The molecule has 1 aromatic carbocycles. The van der Waals surface area contributed by atoms with Gasteiger partial charge in [0.25, 0.3) is 0 Å². The van der Waals surface area contributed by atoms with E-state index < -0.39 is 4.87 Å². The fourth-order valence-corrected chi connectivity index (χ4v) is 4.81. The van der Waals surface area contributed by atoms with Crippen LogP contribution in [0.1, 0.15) is 36.8 Å². The first-order valence-electron chi connectivity index (χ1n) is 9.80. The van der Waals surface area contributed by atoms with Crippen molar-refractivity contribution in [1.82, 2.24) is 10.3 Å². The number of aromatic nitrogens is 1. The highest BCUT2D eigenvalue weighted by molar-refractivity contribution is 8.03. The zero-order chi connectivity index (χ0) is 20.1. The number of anilines is 2. The molecule has 2 N–H and O–H groups in total. The fourth-order valence-electron chi connectivity index (χ4n) is 3.82. The van der Waals surface area contributed by atoms with E-state index in [2.05, 4.69) is 26.6 Å². The van der Waals surface area contributed by atoms with Gasteiger partial charge in [-0.1, -0.05) is 11.8 Å². The van der Waals surface area contributed by atoms with E-state index in [0.717, 1.165) is 24.3 Å². The monoisotopic (exact) mass is 405 g/mol. The fraction of sp³-hybridized carbons (Fsp3) is 0.318. The molecule has 0 bridgehead atoms. The van der Waals surface area contributed by atoms with Crippen LogP contribution in [0.25, 0.3) is 0 Å². The molecular formula is C22H23N5OS. The lowest BCUT2D eigenvalue weighted by molar-refractivity contribution is -0.116. The summed E-state index contributed by atoms with van der Waals surface area (Å²) in [5.74, 6) is -0.146. The highest BCUT2D eigenvalue weighted by atomic mass is 32.2. The predicted molar refractivity (Wildman–Crippen MR) is 116 cm³/mol. The summed E-state index contributed by atoms with van der Waals surface area (Å²) in [7, 11) is 0. The minimum atomic E-state index is -0.562. The van der Waals surface area contributed by atoms with Crippen LogP contribution in [-0.4, -0.2) is 24.0 Å². The Hall–Kier alpha value is -2.98. The van der Waals surface area contributed by atoms with Crippen LogP contribution < -0.4 is 15.5 Å². The average molecular weight is 406 g/mol. The summed E-state index contributed by atoms with van der Waals surface area (Å²) in [4.78, 5) is 18.7. The summed E-state index contributed by atoms with van der Waals surface area (Å²) in [5, 5.41) is 17.8. The van der Waals surface area contributed by atoms with Gasteiger partial charge >= 0.3 is 0 Å². The van der Waals surface area contributed by atoms with Gasteiger partial charge in [-0.15, -0.1) is 0 Å². The summed E-state index contributed by atoms with van der Waals surface area (Å²) in [6, 6.07) is 11.8. The minimum absolute atomic E-state index is 0.146. The van der Waals surface area contributed by atoms with Gasteiger partial charge in [0.15, 0.2) is 0 Å². The Bertz CT molecular complexity index is 939. The van der Waals surface area contributed by atoms with E-state index in [0.29, 0.717) is 11.3 Å². The number of thioether (sulfide) groups is 1. The van der Waals surface area contributed by atoms with Gasteiger partial charge in [0.2, 0.25) is 5.91 Å². The maximum atomic E-state index is 12.9. The van der Waals surface area contributed by atoms with Crippen LogP contribution in [0.5, 0.6) is 0 Å². The Morgan fingerprint density at radius 1 is 1.24 bits per heavy atom. The maximum Gasteiger partial charge on any atom is 0.228 e. The topological polar surface area (TPSA) is 81.1 Å². The number of pyridine rings is 1. The molecule has 2 aliphatic rings. The first-order chi connectivity index (χ1) is 14.2. The number of carbonyl (C=O) groups excluding carboxylic acids is 1. The van der Waals surface area contributed by atoms with Gasteiger partial charge in [0.1, 0.15) is 10.9 Å². The molecule has 6 nitrogen and oxygen atoms in total. The number of nitrogens with zero attached hydrogens (tertiary/aromatic N) is 3. The zero-order valence-electron chi connectivity index (χ0n) is 16.1. The smallest absolute Gasteiger partial charge is 0.228 e. The van der Waals surface area contributed by atoms with Crippen molar-refractivity contribution >= 4 is 29.0 Å². The van der Waals surface area contributed by atoms with Crippen LogP contribution in [0, 0.1) is 11.3 Å². The van der Waals surface area contributed by atoms with Gasteiger partial charge in [-0.05, 0) is 60.6 Å². The molecule has 148 valence electrons. The van der Waals surface area contributed by atoms with Crippen LogP contribution in [0.3, 0.4) is 0 Å². The largest absolute Gasteiger partial charge is 0.372 e. The molecule has 29 heavy (non-hydrogen) atoms. The molecule has 4 rings (SSSR count). The van der Waals surface area contributed by atoms with E-state index >= 15 is 0 Å². The second-order valence-electron chi connectivity index (χ2n) is 7.24. The van der Waals surface area contributed by atoms with Crippen LogP contribution in [0.2, 0.25) is 0 Å². The molecule has 1 atom stereocenters. The summed E-state index contributed by atoms with van der Waals surface area (Å²) < 4.78 is 0. The number of hydrogen-bond acceptors (Lipinski definition) is 6. The van der Waals surface area contributed by atoms with Crippen LogP contribution in [-0.2, 0) is 9.67 Å². The average Bonchev–Trinajstić information content (AvgIpc) is 3.25. The molecule has 3 heterocycles. The SMILES string of the molecule is N#Cc1cc(N2CCCCC2)ccc1NC(=O)CC1(c2ccncc2)NC=CS1. The molecule has 0 spiro atoms. The zero-order valence-corrected chi connectivity index (χ0v) is 16.9. The Morgan fingerprint density at radius 3 is 2.72 bits per heavy atom. The van der Waals surface area contributed by atoms with E-state index in [1.807, 2.05) is 41.9 Å². The van der Waals surface area contributed by atoms with E-state index in [1.54, 1.807) is 24.2 Å². The molecule has 0 saturated carbocycles. The molecule has 7 heteroatoms. The molecule has 1 amide bonds. The Morgan fingerprint density at radius 2 is 2.03 bits per heavy atom. The van der Waals surface area contributed by atoms with Gasteiger partial charge < -0.3 is 15.5 Å². The Kier molecular flexibility index (Phi) is 5.72. The van der Waals surface area contributed by atoms with Gasteiger partial charge in [-0.25, -0.2) is 0 Å². The summed E-state index contributed by atoms with van der Waals surface area (Å²) in [5.41, 5.74) is 3.08. The van der Waals surface area contributed by atoms with E-state index in [4.69, 9.17) is 0 Å². The molecule has 0 aliphatic carbocycles. The van der Waals surface area contributed by atoms with Crippen molar-refractivity contribution in [3.63, 3.8) is 0 Å². The van der Waals surface area contributed by atoms with Crippen molar-refractivity contribution in [1.29, 1.82) is 5.26 Å². The van der Waals surface area contributed by atoms with Crippen molar-refractivity contribution in [2.24, 2.45) is 0 Å². The molecule has 2 aliphatic heterocycles. The third kappa shape index (κ3) is 4.22. The number of carbonyl (C=O) groups is 1. The highest BCUT2D eigenvalue weighted by Crippen LogP contribution is 2.41. The molecule has 1 aromatic heterocycles. The van der Waals surface area contributed by atoms with Crippen LogP contribution in [0.4, 0.5) is 11.4 Å². The van der Waals surface area contributed by atoms with Gasteiger partial charge in [-0.2, -0.15) is 5.26 Å². The quantitative estimate of drug-likeness (QED) is 0.784. The van der Waals surface area contributed by atoms with Gasteiger partial charge in [-0.3, -0.25) is 9.78 Å². The number of benzene rings is 1. The third-order valence-electron chi connectivity index (χ3n) is 5.33. The van der Waals surface area contributed by atoms with Crippen molar-refractivity contribution in [2.45, 2.75) is 30.6 Å². The lowest BCUT2D eigenvalue weighted by atomic mass is 10.0. The van der Waals surface area contributed by atoms with Crippen molar-refractivity contribution < 1.29 is 4.79 Å². The molecule has 1 unspecified atom stereocenters. The molecule has 1 saturated heterocycles.